The Labute approximate surface area is 171 Å². The molecule has 0 saturated heterocycles. The van der Waals surface area contributed by atoms with E-state index in [0.29, 0.717) is 16.9 Å². The topological polar surface area (TPSA) is 116 Å². The molecule has 1 aromatic carbocycles. The molecule has 4 rings (SSSR count). The summed E-state index contributed by atoms with van der Waals surface area (Å²) in [5, 5.41) is 22.9. The van der Waals surface area contributed by atoms with Gasteiger partial charge in [0.2, 0.25) is 0 Å². The molecule has 9 heteroatoms. The molecule has 8 nitrogen and oxygen atoms in total. The number of aromatic nitrogens is 4. The van der Waals surface area contributed by atoms with Crippen molar-refractivity contribution in [3.63, 3.8) is 0 Å². The van der Waals surface area contributed by atoms with E-state index in [1.165, 1.54) is 24.3 Å². The summed E-state index contributed by atoms with van der Waals surface area (Å²) in [6.45, 7) is 1.57. The Morgan fingerprint density at radius 3 is 2.73 bits per heavy atom. The van der Waals surface area contributed by atoms with E-state index in [1.54, 1.807) is 18.5 Å². The van der Waals surface area contributed by atoms with Gasteiger partial charge in [-0.25, -0.2) is 14.2 Å². The molecule has 3 aromatic heterocycles. The Balaban J connectivity index is 1.50. The molecule has 0 saturated carbocycles. The molecule has 0 fully saturated rings. The molecule has 1 atom stereocenters. The van der Waals surface area contributed by atoms with E-state index in [1.807, 2.05) is 19.1 Å². The first-order valence-corrected chi connectivity index (χ1v) is 9.24. The van der Waals surface area contributed by atoms with Crippen molar-refractivity contribution in [3.8, 4) is 11.3 Å². The minimum Gasteiger partial charge on any atom is -0.394 e. The summed E-state index contributed by atoms with van der Waals surface area (Å²) in [7, 11) is 0. The van der Waals surface area contributed by atoms with Crippen LogP contribution in [0.3, 0.4) is 0 Å². The summed E-state index contributed by atoms with van der Waals surface area (Å²) >= 11 is 0. The summed E-state index contributed by atoms with van der Waals surface area (Å²) in [5.41, 5.74) is 3.84. The molecule has 0 spiro atoms. The Kier molecular flexibility index (Phi) is 5.36. The van der Waals surface area contributed by atoms with Gasteiger partial charge in [0.1, 0.15) is 17.3 Å². The number of carbonyl (C=O) groups is 1. The summed E-state index contributed by atoms with van der Waals surface area (Å²) in [4.78, 5) is 20.8. The van der Waals surface area contributed by atoms with E-state index in [9.17, 15) is 14.3 Å². The monoisotopic (exact) mass is 406 g/mol. The van der Waals surface area contributed by atoms with Crippen LogP contribution in [0.5, 0.6) is 0 Å². The van der Waals surface area contributed by atoms with E-state index >= 15 is 0 Å². The maximum Gasteiger partial charge on any atom is 0.320 e. The van der Waals surface area contributed by atoms with Crippen molar-refractivity contribution < 1.29 is 14.3 Å². The van der Waals surface area contributed by atoms with Gasteiger partial charge in [-0.15, -0.1) is 0 Å². The molecule has 0 aliphatic rings. The maximum absolute atomic E-state index is 13.1. The smallest absolute Gasteiger partial charge is 0.320 e. The number of anilines is 1. The number of hydrogen-bond donors (Lipinski definition) is 4. The number of hydrogen-bond acceptors (Lipinski definition) is 5. The zero-order valence-corrected chi connectivity index (χ0v) is 16.1. The number of nitrogens with zero attached hydrogens (tertiary/aromatic N) is 3. The number of rotatable bonds is 5. The van der Waals surface area contributed by atoms with Gasteiger partial charge in [-0.2, -0.15) is 5.10 Å². The molecule has 4 aromatic rings. The standard InChI is InChI=1S/C21H19FN6O2/c1-12-8-14(6-7-23-12)20-16-10-24-19(9-17(16)27-28-20)26-21(30)25-18(11-29)13-2-4-15(22)5-3-13/h2-10,18,29H,11H2,1H3,(H,27,28)(H2,24,25,26,30)/t18-/m1/s1. The highest BCUT2D eigenvalue weighted by Gasteiger charge is 2.15. The SMILES string of the molecule is Cc1cc(-c2n[nH]c3cc(NC(=O)N[C@H](CO)c4ccc(F)cc4)ncc23)ccn1. The lowest BCUT2D eigenvalue weighted by molar-refractivity contribution is 0.225. The highest BCUT2D eigenvalue weighted by Crippen LogP contribution is 2.27. The summed E-state index contributed by atoms with van der Waals surface area (Å²) in [5.74, 6) is -0.0739. The van der Waals surface area contributed by atoms with E-state index in [-0.39, 0.29) is 6.61 Å². The Bertz CT molecular complexity index is 1190. The second kappa shape index (κ2) is 8.26. The molecule has 0 aliphatic carbocycles. The Hall–Kier alpha value is -3.85. The predicted octanol–water partition coefficient (Wildman–Crippen LogP) is 3.32. The van der Waals surface area contributed by atoms with Crippen LogP contribution in [0.15, 0.2) is 54.9 Å². The Morgan fingerprint density at radius 1 is 1.20 bits per heavy atom. The van der Waals surface area contributed by atoms with Crippen molar-refractivity contribution in [1.29, 1.82) is 0 Å². The number of urea groups is 1. The number of pyridine rings is 2. The van der Waals surface area contributed by atoms with Gasteiger partial charge in [0.05, 0.1) is 18.2 Å². The molecule has 0 aliphatic heterocycles. The third kappa shape index (κ3) is 4.11. The summed E-state index contributed by atoms with van der Waals surface area (Å²) in [6.07, 6.45) is 3.35. The van der Waals surface area contributed by atoms with Crippen molar-refractivity contribution in [3.05, 3.63) is 71.9 Å². The second-order valence-electron chi connectivity index (χ2n) is 6.76. The van der Waals surface area contributed by atoms with Crippen LogP contribution in [-0.2, 0) is 0 Å². The van der Waals surface area contributed by atoms with E-state index < -0.39 is 17.9 Å². The van der Waals surface area contributed by atoms with E-state index in [0.717, 1.165) is 22.3 Å². The Morgan fingerprint density at radius 2 is 2.00 bits per heavy atom. The van der Waals surface area contributed by atoms with Crippen LogP contribution in [0, 0.1) is 12.7 Å². The zero-order chi connectivity index (χ0) is 21.1. The highest BCUT2D eigenvalue weighted by molar-refractivity contribution is 5.95. The first kappa shape index (κ1) is 19.5. The third-order valence-electron chi connectivity index (χ3n) is 4.62. The lowest BCUT2D eigenvalue weighted by Crippen LogP contribution is -2.34. The lowest BCUT2D eigenvalue weighted by Gasteiger charge is -2.17. The second-order valence-corrected chi connectivity index (χ2v) is 6.76. The van der Waals surface area contributed by atoms with Gasteiger partial charge in [-0.05, 0) is 36.8 Å². The summed E-state index contributed by atoms with van der Waals surface area (Å²) < 4.78 is 13.1. The van der Waals surface area contributed by atoms with Crippen LogP contribution < -0.4 is 10.6 Å². The maximum atomic E-state index is 13.1. The number of aromatic amines is 1. The van der Waals surface area contributed by atoms with Crippen molar-refractivity contribution in [2.45, 2.75) is 13.0 Å². The van der Waals surface area contributed by atoms with E-state index in [4.69, 9.17) is 0 Å². The van der Waals surface area contributed by atoms with Crippen LogP contribution in [0.1, 0.15) is 17.3 Å². The number of H-pyrrole nitrogens is 1. The van der Waals surface area contributed by atoms with Crippen molar-refractivity contribution in [1.82, 2.24) is 25.5 Å². The number of nitrogens with one attached hydrogen (secondary N) is 3. The third-order valence-corrected chi connectivity index (χ3v) is 4.62. The lowest BCUT2D eigenvalue weighted by atomic mass is 10.1. The van der Waals surface area contributed by atoms with Crippen LogP contribution >= 0.6 is 0 Å². The van der Waals surface area contributed by atoms with E-state index in [2.05, 4.69) is 30.8 Å². The van der Waals surface area contributed by atoms with Crippen LogP contribution in [0.25, 0.3) is 22.2 Å². The number of benzene rings is 1. The molecular formula is C21H19FN6O2. The molecule has 0 unspecified atom stereocenters. The fraction of sp³-hybridized carbons (Fsp3) is 0.143. The van der Waals surface area contributed by atoms with Gasteiger partial charge in [-0.1, -0.05) is 12.1 Å². The van der Waals surface area contributed by atoms with Gasteiger partial charge in [-0.3, -0.25) is 15.4 Å². The number of halogens is 1. The predicted molar refractivity (Wildman–Crippen MR) is 110 cm³/mol. The average Bonchev–Trinajstić information content (AvgIpc) is 3.16. The molecule has 0 radical (unpaired) electrons. The number of aliphatic hydroxyl groups excluding tert-OH is 1. The molecule has 30 heavy (non-hydrogen) atoms. The highest BCUT2D eigenvalue weighted by atomic mass is 19.1. The van der Waals surface area contributed by atoms with Crippen molar-refractivity contribution in [2.24, 2.45) is 0 Å². The van der Waals surface area contributed by atoms with Gasteiger partial charge in [0.25, 0.3) is 0 Å². The first-order chi connectivity index (χ1) is 14.5. The largest absolute Gasteiger partial charge is 0.394 e. The van der Waals surface area contributed by atoms with Crippen LogP contribution in [-0.4, -0.2) is 37.9 Å². The van der Waals surface area contributed by atoms with Crippen molar-refractivity contribution in [2.75, 3.05) is 11.9 Å². The number of amides is 2. The molecule has 4 N–H and O–H groups in total. The van der Waals surface area contributed by atoms with Gasteiger partial charge < -0.3 is 10.4 Å². The van der Waals surface area contributed by atoms with Crippen LogP contribution in [0.4, 0.5) is 15.0 Å². The van der Waals surface area contributed by atoms with Gasteiger partial charge >= 0.3 is 6.03 Å². The minimum atomic E-state index is -0.678. The average molecular weight is 406 g/mol. The fourth-order valence-electron chi connectivity index (χ4n) is 3.13. The van der Waals surface area contributed by atoms with Crippen molar-refractivity contribution >= 4 is 22.8 Å². The number of aryl methyl sites for hydroxylation is 1. The molecular weight excluding hydrogens is 387 g/mol. The molecule has 2 amide bonds. The molecule has 0 bridgehead atoms. The first-order valence-electron chi connectivity index (χ1n) is 9.24. The number of fused-ring (bicyclic) bond motifs is 1. The number of aliphatic hydroxyl groups is 1. The summed E-state index contributed by atoms with van der Waals surface area (Å²) in [6, 6.07) is 9.80. The van der Waals surface area contributed by atoms with Gasteiger partial charge in [0.15, 0.2) is 0 Å². The minimum absolute atomic E-state index is 0.317. The fourth-order valence-corrected chi connectivity index (χ4v) is 3.13. The normalized spacial score (nSPS) is 12.0. The van der Waals surface area contributed by atoms with Gasteiger partial charge in [0, 0.05) is 35.1 Å². The molecule has 3 heterocycles. The number of carbonyl (C=O) groups excluding carboxylic acids is 1. The molecule has 152 valence electrons. The zero-order valence-electron chi connectivity index (χ0n) is 16.1. The quantitative estimate of drug-likeness (QED) is 0.406. The van der Waals surface area contributed by atoms with Crippen LogP contribution in [0.2, 0.25) is 0 Å².